The van der Waals surface area contributed by atoms with Crippen molar-refractivity contribution in [2.24, 2.45) is 0 Å². The number of benzene rings is 1. The number of nitrogens with zero attached hydrogens (tertiary/aromatic N) is 1. The second-order valence-corrected chi connectivity index (χ2v) is 7.42. The van der Waals surface area contributed by atoms with Crippen LogP contribution in [0.5, 0.6) is 0 Å². The third kappa shape index (κ3) is 4.87. The predicted molar refractivity (Wildman–Crippen MR) is 88.7 cm³/mol. The molecule has 0 aliphatic carbocycles. The van der Waals surface area contributed by atoms with Crippen LogP contribution in [0.1, 0.15) is 33.6 Å². The molecule has 1 heterocycles. The molecule has 1 fully saturated rings. The molecule has 0 bridgehead atoms. The molecule has 1 amide bonds. The topological polar surface area (TPSA) is 41.6 Å². The van der Waals surface area contributed by atoms with E-state index in [1.807, 2.05) is 31.7 Å². The lowest BCUT2D eigenvalue weighted by Crippen LogP contribution is -2.46. The second-order valence-electron chi connectivity index (χ2n) is 6.50. The van der Waals surface area contributed by atoms with Crippen LogP contribution in [0.25, 0.3) is 0 Å². The summed E-state index contributed by atoms with van der Waals surface area (Å²) in [5.41, 5.74) is 0.115. The number of hydrogen-bond acceptors (Lipinski definition) is 3. The van der Waals surface area contributed by atoms with E-state index in [2.05, 4.69) is 21.2 Å². The molecular weight excluding hydrogens is 351 g/mol. The Labute approximate surface area is 139 Å². The number of amides is 1. The average Bonchev–Trinajstić information content (AvgIpc) is 2.38. The third-order valence-corrected chi connectivity index (χ3v) is 3.96. The van der Waals surface area contributed by atoms with E-state index in [4.69, 9.17) is 4.74 Å². The minimum Gasteiger partial charge on any atom is -0.444 e. The van der Waals surface area contributed by atoms with Gasteiger partial charge >= 0.3 is 6.09 Å². The fourth-order valence-electron chi connectivity index (χ4n) is 2.48. The summed E-state index contributed by atoms with van der Waals surface area (Å²) >= 11 is 3.26. The van der Waals surface area contributed by atoms with Crippen molar-refractivity contribution in [3.63, 3.8) is 0 Å². The summed E-state index contributed by atoms with van der Waals surface area (Å²) in [6.45, 7) is 6.93. The number of carbonyl (C=O) groups is 1. The Morgan fingerprint density at radius 2 is 2.00 bits per heavy atom. The third-order valence-electron chi connectivity index (χ3n) is 3.47. The predicted octanol–water partition coefficient (Wildman–Crippen LogP) is 4.08. The van der Waals surface area contributed by atoms with E-state index in [0.29, 0.717) is 18.8 Å². The zero-order valence-corrected chi connectivity index (χ0v) is 14.7. The molecule has 0 radical (unpaired) electrons. The van der Waals surface area contributed by atoms with Gasteiger partial charge in [-0.1, -0.05) is 15.9 Å². The molecular formula is C16H22BrFN2O2. The molecule has 0 unspecified atom stereocenters. The molecule has 1 saturated heterocycles. The number of alkyl carbamates (subject to hydrolysis) is 1. The number of hydrogen-bond donors (Lipinski definition) is 1. The lowest BCUT2D eigenvalue weighted by atomic mass is 10.0. The van der Waals surface area contributed by atoms with Gasteiger partial charge in [-0.25, -0.2) is 9.18 Å². The van der Waals surface area contributed by atoms with Crippen LogP contribution in [0.2, 0.25) is 0 Å². The quantitative estimate of drug-likeness (QED) is 0.850. The molecule has 1 aliphatic heterocycles. The van der Waals surface area contributed by atoms with Crippen LogP contribution in [0.4, 0.5) is 14.9 Å². The van der Waals surface area contributed by atoms with E-state index in [1.54, 1.807) is 6.07 Å². The largest absolute Gasteiger partial charge is 0.444 e. The zero-order valence-electron chi connectivity index (χ0n) is 13.2. The number of halogens is 2. The molecule has 0 spiro atoms. The molecule has 1 aromatic carbocycles. The minimum absolute atomic E-state index is 0.0737. The van der Waals surface area contributed by atoms with Gasteiger partial charge in [-0.2, -0.15) is 0 Å². The molecule has 1 aliphatic rings. The van der Waals surface area contributed by atoms with Crippen molar-refractivity contribution in [1.29, 1.82) is 0 Å². The Morgan fingerprint density at radius 3 is 2.55 bits per heavy atom. The Hall–Kier alpha value is -1.30. The first-order chi connectivity index (χ1) is 10.2. The first-order valence-electron chi connectivity index (χ1n) is 7.44. The van der Waals surface area contributed by atoms with Crippen LogP contribution in [0.15, 0.2) is 22.7 Å². The maximum atomic E-state index is 14.0. The van der Waals surface area contributed by atoms with Gasteiger partial charge in [0.25, 0.3) is 0 Å². The van der Waals surface area contributed by atoms with Gasteiger partial charge in [-0.05, 0) is 51.8 Å². The Morgan fingerprint density at radius 1 is 1.36 bits per heavy atom. The lowest BCUT2D eigenvalue weighted by molar-refractivity contribution is 0.0497. The van der Waals surface area contributed by atoms with Gasteiger partial charge in [0.1, 0.15) is 11.4 Å². The Bertz CT molecular complexity index is 537. The first-order valence-corrected chi connectivity index (χ1v) is 8.23. The van der Waals surface area contributed by atoms with Crippen LogP contribution in [0.3, 0.4) is 0 Å². The van der Waals surface area contributed by atoms with Crippen LogP contribution in [-0.4, -0.2) is 30.8 Å². The number of piperidine rings is 1. The highest BCUT2D eigenvalue weighted by atomic mass is 79.9. The number of nitrogens with one attached hydrogen (secondary N) is 1. The highest BCUT2D eigenvalue weighted by Crippen LogP contribution is 2.26. The minimum atomic E-state index is -0.495. The molecule has 22 heavy (non-hydrogen) atoms. The summed E-state index contributed by atoms with van der Waals surface area (Å²) in [5, 5.41) is 2.88. The fourth-order valence-corrected chi connectivity index (χ4v) is 2.81. The van der Waals surface area contributed by atoms with E-state index in [9.17, 15) is 9.18 Å². The summed E-state index contributed by atoms with van der Waals surface area (Å²) in [5.74, 6) is -0.229. The lowest BCUT2D eigenvalue weighted by Gasteiger charge is -2.34. The van der Waals surface area contributed by atoms with Crippen LogP contribution >= 0.6 is 15.9 Å². The van der Waals surface area contributed by atoms with Crippen LogP contribution < -0.4 is 10.2 Å². The van der Waals surface area contributed by atoms with E-state index < -0.39 is 5.60 Å². The molecule has 122 valence electrons. The molecule has 0 saturated carbocycles. The van der Waals surface area contributed by atoms with Gasteiger partial charge in [0.15, 0.2) is 0 Å². The Kier molecular flexibility index (Phi) is 5.32. The summed E-state index contributed by atoms with van der Waals surface area (Å²) < 4.78 is 20.0. The van der Waals surface area contributed by atoms with Gasteiger partial charge in [0, 0.05) is 23.6 Å². The maximum Gasteiger partial charge on any atom is 0.407 e. The zero-order chi connectivity index (χ0) is 16.3. The van der Waals surface area contributed by atoms with Gasteiger partial charge < -0.3 is 15.0 Å². The maximum absolute atomic E-state index is 14.0. The molecule has 1 aromatic rings. The van der Waals surface area contributed by atoms with Crippen LogP contribution in [0, 0.1) is 5.82 Å². The molecule has 2 rings (SSSR count). The van der Waals surface area contributed by atoms with Crippen molar-refractivity contribution in [3.05, 3.63) is 28.5 Å². The van der Waals surface area contributed by atoms with E-state index >= 15 is 0 Å². The Balaban J connectivity index is 1.86. The summed E-state index contributed by atoms with van der Waals surface area (Å²) in [6.07, 6.45) is 1.16. The van der Waals surface area contributed by atoms with Crippen molar-refractivity contribution in [1.82, 2.24) is 5.32 Å². The number of ether oxygens (including phenoxy) is 1. The molecule has 4 nitrogen and oxygen atoms in total. The van der Waals surface area contributed by atoms with Crippen LogP contribution in [-0.2, 0) is 4.74 Å². The van der Waals surface area contributed by atoms with Gasteiger partial charge in [0.2, 0.25) is 0 Å². The SMILES string of the molecule is CC(C)(C)OC(=O)NC1CCN(c2ccc(Br)cc2F)CC1. The molecule has 0 aromatic heterocycles. The summed E-state index contributed by atoms with van der Waals surface area (Å²) in [4.78, 5) is 13.8. The standard InChI is InChI=1S/C16H22BrFN2O2/c1-16(2,3)22-15(21)19-12-6-8-20(9-7-12)14-5-4-11(17)10-13(14)18/h4-5,10,12H,6-9H2,1-3H3,(H,19,21). The molecule has 0 atom stereocenters. The molecule has 1 N–H and O–H groups in total. The molecule has 6 heteroatoms. The summed E-state index contributed by atoms with van der Waals surface area (Å²) in [7, 11) is 0. The average molecular weight is 373 g/mol. The van der Waals surface area contributed by atoms with Crippen molar-refractivity contribution in [3.8, 4) is 0 Å². The van der Waals surface area contributed by atoms with Crippen molar-refractivity contribution < 1.29 is 13.9 Å². The smallest absolute Gasteiger partial charge is 0.407 e. The highest BCUT2D eigenvalue weighted by Gasteiger charge is 2.24. The fraction of sp³-hybridized carbons (Fsp3) is 0.562. The monoisotopic (exact) mass is 372 g/mol. The van der Waals surface area contributed by atoms with Gasteiger partial charge in [-0.15, -0.1) is 0 Å². The van der Waals surface area contributed by atoms with Gasteiger partial charge in [0.05, 0.1) is 5.69 Å². The number of anilines is 1. The normalized spacial score (nSPS) is 16.5. The number of carbonyl (C=O) groups excluding carboxylic acids is 1. The highest BCUT2D eigenvalue weighted by molar-refractivity contribution is 9.10. The van der Waals surface area contributed by atoms with Crippen molar-refractivity contribution in [2.75, 3.05) is 18.0 Å². The van der Waals surface area contributed by atoms with Crippen molar-refractivity contribution in [2.45, 2.75) is 45.3 Å². The second kappa shape index (κ2) is 6.86. The first kappa shape index (κ1) is 17.1. The van der Waals surface area contributed by atoms with E-state index in [-0.39, 0.29) is 18.0 Å². The van der Waals surface area contributed by atoms with Crippen molar-refractivity contribution >= 4 is 27.7 Å². The number of rotatable bonds is 2. The van der Waals surface area contributed by atoms with E-state index in [0.717, 1.165) is 17.3 Å². The summed E-state index contributed by atoms with van der Waals surface area (Å²) in [6, 6.07) is 5.16. The van der Waals surface area contributed by atoms with E-state index in [1.165, 1.54) is 6.07 Å². The van der Waals surface area contributed by atoms with Gasteiger partial charge in [-0.3, -0.25) is 0 Å².